The molecule has 1 aromatic heterocycles. The third-order valence-electron chi connectivity index (χ3n) is 5.57. The van der Waals surface area contributed by atoms with Gasteiger partial charge in [0, 0.05) is 24.7 Å². The number of urea groups is 1. The number of fused-ring (bicyclic) bond motifs is 1. The van der Waals surface area contributed by atoms with Crippen molar-refractivity contribution in [2.75, 3.05) is 36.5 Å². The Kier molecular flexibility index (Phi) is 5.91. The summed E-state index contributed by atoms with van der Waals surface area (Å²) in [7, 11) is -3.08. The van der Waals surface area contributed by atoms with Gasteiger partial charge in [0.1, 0.15) is 6.04 Å². The molecular formula is C19H23ClN4O4S2. The van der Waals surface area contributed by atoms with Crippen molar-refractivity contribution in [2.45, 2.75) is 32.2 Å². The van der Waals surface area contributed by atoms with Crippen LogP contribution < -0.4 is 5.32 Å². The first kappa shape index (κ1) is 21.3. The highest BCUT2D eigenvalue weighted by Gasteiger charge is 2.36. The zero-order chi connectivity index (χ0) is 21.5. The third kappa shape index (κ3) is 4.40. The Morgan fingerprint density at radius 3 is 2.67 bits per heavy atom. The molecule has 3 heterocycles. The summed E-state index contributed by atoms with van der Waals surface area (Å²) in [5.41, 5.74) is 1.66. The Morgan fingerprint density at radius 1 is 1.20 bits per heavy atom. The van der Waals surface area contributed by atoms with Crippen molar-refractivity contribution in [1.29, 1.82) is 0 Å². The molecule has 0 unspecified atom stereocenters. The van der Waals surface area contributed by atoms with Gasteiger partial charge in [-0.1, -0.05) is 22.9 Å². The Hall–Kier alpha value is -1.91. The minimum atomic E-state index is -3.08. The molecule has 2 saturated heterocycles. The Morgan fingerprint density at radius 2 is 1.93 bits per heavy atom. The fraction of sp³-hybridized carbons (Fsp3) is 0.526. The molecule has 1 N–H and O–H groups in total. The van der Waals surface area contributed by atoms with Crippen molar-refractivity contribution in [3.8, 4) is 0 Å². The van der Waals surface area contributed by atoms with Crippen molar-refractivity contribution in [2.24, 2.45) is 0 Å². The normalized spacial score (nSPS) is 21.6. The monoisotopic (exact) mass is 470 g/mol. The quantitative estimate of drug-likeness (QED) is 0.727. The maximum absolute atomic E-state index is 13.0. The van der Waals surface area contributed by atoms with Crippen LogP contribution in [0, 0.1) is 6.92 Å². The first-order chi connectivity index (χ1) is 14.2. The maximum atomic E-state index is 13.0. The van der Waals surface area contributed by atoms with Gasteiger partial charge >= 0.3 is 6.03 Å². The number of anilines is 1. The van der Waals surface area contributed by atoms with Crippen LogP contribution in [0.4, 0.5) is 9.93 Å². The van der Waals surface area contributed by atoms with E-state index < -0.39 is 15.9 Å². The number of hydrogen-bond acceptors (Lipinski definition) is 6. The van der Waals surface area contributed by atoms with E-state index in [0.29, 0.717) is 23.1 Å². The Labute approximate surface area is 184 Å². The Balaban J connectivity index is 1.48. The number of piperidine rings is 1. The summed E-state index contributed by atoms with van der Waals surface area (Å²) in [6, 6.07) is 2.85. The minimum absolute atomic E-state index is 0.0306. The average molecular weight is 471 g/mol. The molecule has 4 rings (SSSR count). The summed E-state index contributed by atoms with van der Waals surface area (Å²) in [5, 5.41) is 3.95. The van der Waals surface area contributed by atoms with E-state index in [4.69, 9.17) is 11.6 Å². The van der Waals surface area contributed by atoms with Gasteiger partial charge in [0.25, 0.3) is 0 Å². The van der Waals surface area contributed by atoms with Crippen LogP contribution in [0.2, 0.25) is 5.02 Å². The van der Waals surface area contributed by atoms with E-state index in [9.17, 15) is 18.0 Å². The molecule has 1 aromatic carbocycles. The maximum Gasteiger partial charge on any atom is 0.320 e. The lowest BCUT2D eigenvalue weighted by atomic mass is 10.0. The molecule has 0 spiro atoms. The van der Waals surface area contributed by atoms with Gasteiger partial charge < -0.3 is 15.1 Å². The van der Waals surface area contributed by atoms with Crippen LogP contribution in [0.1, 0.15) is 24.8 Å². The molecule has 2 aliphatic heterocycles. The second-order valence-corrected chi connectivity index (χ2v) is 11.4. The van der Waals surface area contributed by atoms with Crippen LogP contribution in [0.15, 0.2) is 12.1 Å². The molecule has 2 aromatic rings. The van der Waals surface area contributed by atoms with Gasteiger partial charge in [-0.25, -0.2) is 18.2 Å². The molecule has 0 saturated carbocycles. The number of aromatic nitrogens is 1. The number of thiazole rings is 1. The summed E-state index contributed by atoms with van der Waals surface area (Å²) >= 11 is 7.53. The number of nitrogens with one attached hydrogen (secondary N) is 1. The molecular weight excluding hydrogens is 448 g/mol. The van der Waals surface area contributed by atoms with Crippen molar-refractivity contribution in [1.82, 2.24) is 14.8 Å². The van der Waals surface area contributed by atoms with Crippen molar-refractivity contribution in [3.63, 3.8) is 0 Å². The summed E-state index contributed by atoms with van der Waals surface area (Å²) in [6.07, 6.45) is 2.24. The number of sulfone groups is 1. The van der Waals surface area contributed by atoms with Crippen molar-refractivity contribution < 1.29 is 18.0 Å². The number of halogens is 1. The minimum Gasteiger partial charge on any atom is -0.323 e. The van der Waals surface area contributed by atoms with E-state index in [1.807, 2.05) is 13.0 Å². The lowest BCUT2D eigenvalue weighted by Gasteiger charge is -2.39. The van der Waals surface area contributed by atoms with Crippen LogP contribution in [0.25, 0.3) is 10.2 Å². The molecule has 3 amide bonds. The highest BCUT2D eigenvalue weighted by atomic mass is 35.5. The lowest BCUT2D eigenvalue weighted by Crippen LogP contribution is -2.56. The third-order valence-corrected chi connectivity index (χ3v) is 8.52. The van der Waals surface area contributed by atoms with E-state index in [2.05, 4.69) is 10.3 Å². The topological polar surface area (TPSA) is 99.7 Å². The smallest absolute Gasteiger partial charge is 0.320 e. The van der Waals surface area contributed by atoms with E-state index >= 15 is 0 Å². The van der Waals surface area contributed by atoms with E-state index in [1.165, 1.54) is 16.2 Å². The van der Waals surface area contributed by atoms with Crippen LogP contribution in [0.5, 0.6) is 0 Å². The molecule has 0 radical (unpaired) electrons. The van der Waals surface area contributed by atoms with Crippen LogP contribution in [0.3, 0.4) is 0 Å². The SMILES string of the molecule is Cc1cc2sc(NC(=O)[C@@H]3CCCCN3C(=O)N3CCS(=O)(=O)CC3)nc2cc1Cl. The number of aryl methyl sites for hydroxylation is 1. The molecule has 1 atom stereocenters. The standard InChI is InChI=1S/C19H23ClN4O4S2/c1-12-10-16-14(11-13(12)20)21-18(29-16)22-17(25)15-4-2-3-5-24(15)19(26)23-6-8-30(27,28)9-7-23/h10-11,15H,2-9H2,1H3,(H,21,22,25)/t15-/m0/s1. The number of nitrogens with zero attached hydrogens (tertiary/aromatic N) is 3. The summed E-state index contributed by atoms with van der Waals surface area (Å²) in [6.45, 7) is 2.74. The highest BCUT2D eigenvalue weighted by molar-refractivity contribution is 7.91. The summed E-state index contributed by atoms with van der Waals surface area (Å²) in [4.78, 5) is 33.6. The van der Waals surface area contributed by atoms with Gasteiger partial charge in [0.05, 0.1) is 21.7 Å². The Bertz CT molecular complexity index is 1050. The fourth-order valence-corrected chi connectivity index (χ4v) is 6.12. The molecule has 30 heavy (non-hydrogen) atoms. The van der Waals surface area contributed by atoms with Gasteiger partial charge in [-0.2, -0.15) is 0 Å². The fourth-order valence-electron chi connectivity index (χ4n) is 3.81. The van der Waals surface area contributed by atoms with Crippen molar-refractivity contribution in [3.05, 3.63) is 22.7 Å². The van der Waals surface area contributed by atoms with E-state index in [1.54, 1.807) is 11.0 Å². The van der Waals surface area contributed by atoms with E-state index in [-0.39, 0.29) is 36.5 Å². The lowest BCUT2D eigenvalue weighted by molar-refractivity contribution is -0.121. The van der Waals surface area contributed by atoms with Crippen LogP contribution in [-0.4, -0.2) is 72.3 Å². The van der Waals surface area contributed by atoms with Crippen LogP contribution in [-0.2, 0) is 14.6 Å². The average Bonchev–Trinajstić information content (AvgIpc) is 3.08. The summed E-state index contributed by atoms with van der Waals surface area (Å²) in [5.74, 6) is -0.330. The number of rotatable bonds is 2. The first-order valence-electron chi connectivity index (χ1n) is 9.87. The zero-order valence-electron chi connectivity index (χ0n) is 16.6. The number of amides is 3. The molecule has 0 aliphatic carbocycles. The second kappa shape index (κ2) is 8.32. The molecule has 2 fully saturated rings. The first-order valence-corrected chi connectivity index (χ1v) is 12.9. The highest BCUT2D eigenvalue weighted by Crippen LogP contribution is 2.31. The largest absolute Gasteiger partial charge is 0.323 e. The number of benzene rings is 1. The zero-order valence-corrected chi connectivity index (χ0v) is 18.9. The molecule has 8 nitrogen and oxygen atoms in total. The molecule has 0 bridgehead atoms. The van der Waals surface area contributed by atoms with E-state index in [0.717, 1.165) is 28.6 Å². The van der Waals surface area contributed by atoms with Gasteiger partial charge in [-0.3, -0.25) is 4.79 Å². The van der Waals surface area contributed by atoms with Crippen LogP contribution >= 0.6 is 22.9 Å². The van der Waals surface area contributed by atoms with Gasteiger partial charge in [-0.15, -0.1) is 0 Å². The number of carbonyl (C=O) groups is 2. The molecule has 162 valence electrons. The van der Waals surface area contributed by atoms with Gasteiger partial charge in [0.2, 0.25) is 5.91 Å². The number of hydrogen-bond donors (Lipinski definition) is 1. The van der Waals surface area contributed by atoms with Gasteiger partial charge in [-0.05, 0) is 43.9 Å². The predicted molar refractivity (Wildman–Crippen MR) is 118 cm³/mol. The molecule has 11 heteroatoms. The van der Waals surface area contributed by atoms with Crippen molar-refractivity contribution >= 4 is 60.1 Å². The number of carbonyl (C=O) groups excluding carboxylic acids is 2. The second-order valence-electron chi connectivity index (χ2n) is 7.70. The summed E-state index contributed by atoms with van der Waals surface area (Å²) < 4.78 is 24.2. The predicted octanol–water partition coefficient (Wildman–Crippen LogP) is 2.90. The van der Waals surface area contributed by atoms with Gasteiger partial charge in [0.15, 0.2) is 15.0 Å². The molecule has 2 aliphatic rings. The number of likely N-dealkylation sites (tertiary alicyclic amines) is 1.